The van der Waals surface area contributed by atoms with Crippen LogP contribution in [0.15, 0.2) is 29.2 Å². The Bertz CT molecular complexity index is 485. The number of non-ortho nitro benzene ring substituents is 1. The Labute approximate surface area is 114 Å². The fraction of sp³-hybridized carbons (Fsp3) is 0.333. The molecule has 0 N–H and O–H groups in total. The fourth-order valence-corrected chi connectivity index (χ4v) is 2.19. The molecule has 1 aromatic rings. The Hall–Kier alpha value is -1.89. The van der Waals surface area contributed by atoms with Crippen LogP contribution in [0, 0.1) is 10.1 Å². The van der Waals surface area contributed by atoms with Gasteiger partial charge in [0.15, 0.2) is 11.0 Å². The number of thioether (sulfide) groups is 1. The SMILES string of the molecule is CCOC(=O)C(Sc1ccc([N+](=O)[O-])cc1)C(C)=O. The normalized spacial score (nSPS) is 11.7. The zero-order valence-corrected chi connectivity index (χ0v) is 11.3. The van der Waals surface area contributed by atoms with Crippen LogP contribution in [-0.4, -0.2) is 28.5 Å². The Morgan fingerprint density at radius 2 is 1.95 bits per heavy atom. The summed E-state index contributed by atoms with van der Waals surface area (Å²) >= 11 is 1.02. The van der Waals surface area contributed by atoms with Crippen LogP contribution in [-0.2, 0) is 14.3 Å². The average molecular weight is 283 g/mol. The third-order valence-electron chi connectivity index (χ3n) is 2.17. The molecule has 0 radical (unpaired) electrons. The zero-order chi connectivity index (χ0) is 14.4. The average Bonchev–Trinajstić information content (AvgIpc) is 2.36. The molecule has 0 bridgehead atoms. The molecular weight excluding hydrogens is 270 g/mol. The van der Waals surface area contributed by atoms with E-state index in [0.717, 1.165) is 11.8 Å². The van der Waals surface area contributed by atoms with E-state index in [1.807, 2.05) is 0 Å². The van der Waals surface area contributed by atoms with Crippen LogP contribution in [0.1, 0.15) is 13.8 Å². The summed E-state index contributed by atoms with van der Waals surface area (Å²) in [5, 5.41) is 9.56. The first kappa shape index (κ1) is 15.2. The second kappa shape index (κ2) is 6.89. The number of nitrogens with zero attached hydrogens (tertiary/aromatic N) is 1. The standard InChI is InChI=1S/C12H13NO5S/c1-3-18-12(15)11(8(2)14)19-10-6-4-9(5-7-10)13(16)17/h4-7,11H,3H2,1-2H3. The molecule has 1 unspecified atom stereocenters. The number of carbonyl (C=O) groups is 2. The first-order chi connectivity index (χ1) is 8.95. The van der Waals surface area contributed by atoms with Gasteiger partial charge in [0.25, 0.3) is 5.69 Å². The number of hydrogen-bond acceptors (Lipinski definition) is 6. The van der Waals surface area contributed by atoms with Gasteiger partial charge >= 0.3 is 5.97 Å². The van der Waals surface area contributed by atoms with Crippen molar-refractivity contribution in [3.8, 4) is 0 Å². The van der Waals surface area contributed by atoms with Crippen molar-refractivity contribution in [2.24, 2.45) is 0 Å². The van der Waals surface area contributed by atoms with Crippen molar-refractivity contribution in [2.75, 3.05) is 6.61 Å². The van der Waals surface area contributed by atoms with Crippen molar-refractivity contribution in [1.82, 2.24) is 0 Å². The summed E-state index contributed by atoms with van der Waals surface area (Å²) in [6, 6.07) is 5.64. The van der Waals surface area contributed by atoms with E-state index >= 15 is 0 Å². The smallest absolute Gasteiger partial charge is 0.327 e. The summed E-state index contributed by atoms with van der Waals surface area (Å²) in [6.07, 6.45) is 0. The van der Waals surface area contributed by atoms with Gasteiger partial charge in [-0.1, -0.05) is 0 Å². The number of Topliss-reactive ketones (excluding diaryl/α,β-unsaturated/α-hetero) is 1. The van der Waals surface area contributed by atoms with E-state index in [1.165, 1.54) is 31.2 Å². The topological polar surface area (TPSA) is 86.5 Å². The van der Waals surface area contributed by atoms with Crippen molar-refractivity contribution < 1.29 is 19.2 Å². The third-order valence-corrected chi connectivity index (χ3v) is 3.48. The highest BCUT2D eigenvalue weighted by Crippen LogP contribution is 2.26. The molecule has 102 valence electrons. The van der Waals surface area contributed by atoms with Gasteiger partial charge < -0.3 is 4.74 Å². The van der Waals surface area contributed by atoms with E-state index in [0.29, 0.717) is 4.90 Å². The molecule has 0 amide bonds. The van der Waals surface area contributed by atoms with Gasteiger partial charge in [-0.15, -0.1) is 11.8 Å². The van der Waals surface area contributed by atoms with Crippen molar-refractivity contribution in [1.29, 1.82) is 0 Å². The van der Waals surface area contributed by atoms with Gasteiger partial charge in [0.05, 0.1) is 11.5 Å². The lowest BCUT2D eigenvalue weighted by atomic mass is 10.3. The van der Waals surface area contributed by atoms with Gasteiger partial charge in [-0.05, 0) is 26.0 Å². The van der Waals surface area contributed by atoms with Crippen LogP contribution >= 0.6 is 11.8 Å². The van der Waals surface area contributed by atoms with Gasteiger partial charge in [-0.25, -0.2) is 0 Å². The number of benzene rings is 1. The summed E-state index contributed by atoms with van der Waals surface area (Å²) in [7, 11) is 0. The number of ketones is 1. The number of rotatable bonds is 6. The summed E-state index contributed by atoms with van der Waals surface area (Å²) in [6.45, 7) is 3.16. The number of nitro benzene ring substituents is 1. The Morgan fingerprint density at radius 3 is 2.37 bits per heavy atom. The number of nitro groups is 1. The van der Waals surface area contributed by atoms with Crippen LogP contribution < -0.4 is 0 Å². The molecule has 0 aliphatic carbocycles. The van der Waals surface area contributed by atoms with E-state index in [-0.39, 0.29) is 18.1 Å². The quantitative estimate of drug-likeness (QED) is 0.261. The minimum Gasteiger partial charge on any atom is -0.465 e. The maximum atomic E-state index is 11.6. The van der Waals surface area contributed by atoms with Crippen molar-refractivity contribution >= 4 is 29.2 Å². The lowest BCUT2D eigenvalue weighted by Crippen LogP contribution is -2.27. The molecule has 0 saturated carbocycles. The molecule has 0 fully saturated rings. The second-order valence-electron chi connectivity index (χ2n) is 3.61. The molecule has 19 heavy (non-hydrogen) atoms. The third kappa shape index (κ3) is 4.36. The van der Waals surface area contributed by atoms with Crippen LogP contribution in [0.2, 0.25) is 0 Å². The van der Waals surface area contributed by atoms with Crippen molar-refractivity contribution in [3.05, 3.63) is 34.4 Å². The molecule has 0 aromatic heterocycles. The van der Waals surface area contributed by atoms with E-state index in [9.17, 15) is 19.7 Å². The van der Waals surface area contributed by atoms with Gasteiger partial charge in [0.2, 0.25) is 0 Å². The molecule has 1 atom stereocenters. The summed E-state index contributed by atoms with van der Waals surface area (Å²) < 4.78 is 4.81. The van der Waals surface area contributed by atoms with Gasteiger partial charge in [0.1, 0.15) is 0 Å². The molecule has 0 saturated heterocycles. The first-order valence-electron chi connectivity index (χ1n) is 5.54. The van der Waals surface area contributed by atoms with Crippen LogP contribution in [0.5, 0.6) is 0 Å². The van der Waals surface area contributed by atoms with E-state index in [2.05, 4.69) is 0 Å². The minimum absolute atomic E-state index is 0.0418. The van der Waals surface area contributed by atoms with E-state index in [1.54, 1.807) is 6.92 Å². The first-order valence-corrected chi connectivity index (χ1v) is 6.42. The largest absolute Gasteiger partial charge is 0.465 e. The van der Waals surface area contributed by atoms with Crippen LogP contribution in [0.25, 0.3) is 0 Å². The number of carbonyl (C=O) groups excluding carboxylic acids is 2. The Kier molecular flexibility index (Phi) is 5.50. The lowest BCUT2D eigenvalue weighted by molar-refractivity contribution is -0.384. The van der Waals surface area contributed by atoms with Crippen molar-refractivity contribution in [3.63, 3.8) is 0 Å². The predicted molar refractivity (Wildman–Crippen MR) is 70.1 cm³/mol. The Morgan fingerprint density at radius 1 is 1.37 bits per heavy atom. The van der Waals surface area contributed by atoms with Gasteiger partial charge in [-0.2, -0.15) is 0 Å². The molecule has 0 aliphatic heterocycles. The highest BCUT2D eigenvalue weighted by molar-refractivity contribution is 8.01. The monoisotopic (exact) mass is 283 g/mol. The predicted octanol–water partition coefficient (Wildman–Crippen LogP) is 2.21. The van der Waals surface area contributed by atoms with Gasteiger partial charge in [0, 0.05) is 17.0 Å². The maximum absolute atomic E-state index is 11.6. The van der Waals surface area contributed by atoms with Gasteiger partial charge in [-0.3, -0.25) is 19.7 Å². The summed E-state index contributed by atoms with van der Waals surface area (Å²) in [4.78, 5) is 33.6. The number of esters is 1. The molecule has 1 aromatic carbocycles. The number of hydrogen-bond donors (Lipinski definition) is 0. The number of ether oxygens (including phenoxy) is 1. The second-order valence-corrected chi connectivity index (χ2v) is 4.79. The van der Waals surface area contributed by atoms with Crippen LogP contribution in [0.3, 0.4) is 0 Å². The molecule has 7 heteroatoms. The summed E-state index contributed by atoms with van der Waals surface area (Å²) in [5.74, 6) is -0.917. The molecule has 6 nitrogen and oxygen atoms in total. The minimum atomic E-state index is -0.943. The molecule has 0 aliphatic rings. The Balaban J connectivity index is 2.82. The molecule has 1 rings (SSSR count). The van der Waals surface area contributed by atoms with E-state index in [4.69, 9.17) is 4.74 Å². The summed E-state index contributed by atoms with van der Waals surface area (Å²) in [5.41, 5.74) is -0.0418. The molecule has 0 heterocycles. The highest BCUT2D eigenvalue weighted by Gasteiger charge is 2.26. The maximum Gasteiger partial charge on any atom is 0.327 e. The zero-order valence-electron chi connectivity index (χ0n) is 10.5. The lowest BCUT2D eigenvalue weighted by Gasteiger charge is -2.11. The molecular formula is C12H13NO5S. The van der Waals surface area contributed by atoms with Crippen molar-refractivity contribution in [2.45, 2.75) is 24.0 Å². The van der Waals surface area contributed by atoms with Crippen LogP contribution in [0.4, 0.5) is 5.69 Å². The van der Waals surface area contributed by atoms with E-state index < -0.39 is 16.1 Å². The highest BCUT2D eigenvalue weighted by atomic mass is 32.2. The fourth-order valence-electron chi connectivity index (χ4n) is 1.30. The molecule has 0 spiro atoms.